The van der Waals surface area contributed by atoms with Gasteiger partial charge in [0.2, 0.25) is 0 Å². The first-order valence-electron chi connectivity index (χ1n) is 6.96. The van der Waals surface area contributed by atoms with Gasteiger partial charge in [0, 0.05) is 23.9 Å². The van der Waals surface area contributed by atoms with Gasteiger partial charge < -0.3 is 15.4 Å². The monoisotopic (exact) mass is 316 g/mol. The van der Waals surface area contributed by atoms with E-state index in [1.165, 1.54) is 0 Å². The van der Waals surface area contributed by atoms with Gasteiger partial charge in [-0.25, -0.2) is 9.78 Å². The molecule has 0 bridgehead atoms. The molecular formula is C16H18N3O2S+. The summed E-state index contributed by atoms with van der Waals surface area (Å²) in [5.74, 6) is -0.324. The van der Waals surface area contributed by atoms with E-state index in [1.54, 1.807) is 31.2 Å². The lowest BCUT2D eigenvalue weighted by molar-refractivity contribution is -0.378. The van der Waals surface area contributed by atoms with Crippen LogP contribution in [0.2, 0.25) is 0 Å². The molecule has 0 aliphatic carbocycles. The third kappa shape index (κ3) is 4.82. The Labute approximate surface area is 134 Å². The highest BCUT2D eigenvalue weighted by Crippen LogP contribution is 2.10. The molecule has 0 amide bonds. The number of thiocarbonyl (C=S) groups is 1. The number of ether oxygens (including phenoxy) is 1. The summed E-state index contributed by atoms with van der Waals surface area (Å²) in [5.41, 5.74) is 2.43. The number of hydrogen-bond donors (Lipinski definition) is 2. The molecule has 0 aliphatic heterocycles. The highest BCUT2D eigenvalue weighted by Gasteiger charge is 2.06. The number of nitrogens with one attached hydrogen (secondary N) is 3. The van der Waals surface area contributed by atoms with Gasteiger partial charge in [0.25, 0.3) is 0 Å². The first kappa shape index (κ1) is 15.9. The average molecular weight is 316 g/mol. The molecule has 22 heavy (non-hydrogen) atoms. The van der Waals surface area contributed by atoms with Crippen molar-refractivity contribution in [3.8, 4) is 0 Å². The molecule has 5 nitrogen and oxygen atoms in total. The van der Waals surface area contributed by atoms with E-state index >= 15 is 0 Å². The Balaban J connectivity index is 1.85. The van der Waals surface area contributed by atoms with Crippen molar-refractivity contribution in [1.29, 1.82) is 0 Å². The Hall–Kier alpha value is -2.47. The summed E-state index contributed by atoms with van der Waals surface area (Å²) in [6, 6.07) is 10.9. The molecule has 0 saturated carbocycles. The number of pyridine rings is 1. The van der Waals surface area contributed by atoms with E-state index in [0.717, 1.165) is 11.3 Å². The van der Waals surface area contributed by atoms with E-state index < -0.39 is 0 Å². The van der Waals surface area contributed by atoms with Crippen molar-refractivity contribution in [3.05, 3.63) is 59.9 Å². The normalized spacial score (nSPS) is 9.86. The molecule has 2 rings (SSSR count). The number of anilines is 1. The Morgan fingerprint density at radius 2 is 2.05 bits per heavy atom. The van der Waals surface area contributed by atoms with Crippen LogP contribution in [0.3, 0.4) is 0 Å². The minimum Gasteiger partial charge on any atom is -0.462 e. The molecule has 1 heterocycles. The van der Waals surface area contributed by atoms with Crippen LogP contribution in [0.5, 0.6) is 0 Å². The molecule has 3 N–H and O–H groups in total. The van der Waals surface area contributed by atoms with Gasteiger partial charge in [0.05, 0.1) is 12.2 Å². The Bertz CT molecular complexity index is 630. The van der Waals surface area contributed by atoms with Gasteiger partial charge in [0.1, 0.15) is 0 Å². The number of aromatic nitrogens is 1. The van der Waals surface area contributed by atoms with E-state index in [4.69, 9.17) is 17.0 Å². The molecular weight excluding hydrogens is 298 g/mol. The van der Waals surface area contributed by atoms with Crippen LogP contribution in [-0.2, 0) is 11.3 Å². The number of aromatic amines is 1. The van der Waals surface area contributed by atoms with Gasteiger partial charge in [-0.3, -0.25) is 0 Å². The molecule has 0 radical (unpaired) electrons. The summed E-state index contributed by atoms with van der Waals surface area (Å²) >= 11 is 5.24. The Morgan fingerprint density at radius 3 is 2.68 bits per heavy atom. The predicted molar refractivity (Wildman–Crippen MR) is 88.5 cm³/mol. The van der Waals surface area contributed by atoms with Crippen molar-refractivity contribution < 1.29 is 14.5 Å². The maximum absolute atomic E-state index is 11.6. The molecule has 0 unspecified atom stereocenters. The van der Waals surface area contributed by atoms with Crippen LogP contribution in [0.25, 0.3) is 0 Å². The van der Waals surface area contributed by atoms with Crippen LogP contribution in [0, 0.1) is 0 Å². The number of hydrogen-bond acceptors (Lipinski definition) is 3. The summed E-state index contributed by atoms with van der Waals surface area (Å²) in [7, 11) is 0. The molecule has 0 aliphatic rings. The standard InChI is InChI=1S/C16H17N3O2S/c1-2-21-15(20)13-5-7-14(8-6-13)19-16(22)18-11-12-4-3-9-17-10-12/h3-10H,2,11H2,1H3,(H2,18,19,22)/p+1. The van der Waals surface area contributed by atoms with Crippen LogP contribution in [0.15, 0.2) is 48.8 Å². The SMILES string of the molecule is CCOC(=O)c1ccc(NC(=S)NCc2ccc[nH+]c2)cc1. The smallest absolute Gasteiger partial charge is 0.338 e. The molecule has 1 aromatic carbocycles. The van der Waals surface area contributed by atoms with Crippen LogP contribution < -0.4 is 15.6 Å². The molecule has 0 fully saturated rings. The van der Waals surface area contributed by atoms with Crippen LogP contribution >= 0.6 is 12.2 Å². The second-order valence-electron chi connectivity index (χ2n) is 4.52. The lowest BCUT2D eigenvalue weighted by atomic mass is 10.2. The van der Waals surface area contributed by atoms with Crippen molar-refractivity contribution in [2.45, 2.75) is 13.5 Å². The molecule has 0 atom stereocenters. The summed E-state index contributed by atoms with van der Waals surface area (Å²) in [5, 5.41) is 6.70. The Kier molecular flexibility index (Phi) is 5.85. The largest absolute Gasteiger partial charge is 0.462 e. The topological polar surface area (TPSA) is 64.5 Å². The van der Waals surface area contributed by atoms with Gasteiger partial charge in [-0.15, -0.1) is 0 Å². The van der Waals surface area contributed by atoms with E-state index in [0.29, 0.717) is 23.8 Å². The van der Waals surface area contributed by atoms with Crippen LogP contribution in [-0.4, -0.2) is 17.7 Å². The summed E-state index contributed by atoms with van der Waals surface area (Å²) in [6.07, 6.45) is 3.76. The zero-order valence-electron chi connectivity index (χ0n) is 12.3. The van der Waals surface area contributed by atoms with E-state index in [2.05, 4.69) is 15.6 Å². The van der Waals surface area contributed by atoms with Gasteiger partial charge >= 0.3 is 5.97 Å². The van der Waals surface area contributed by atoms with Crippen molar-refractivity contribution in [2.24, 2.45) is 0 Å². The summed E-state index contributed by atoms with van der Waals surface area (Å²) in [4.78, 5) is 14.6. The molecule has 0 spiro atoms. The molecule has 2 aromatic rings. The maximum Gasteiger partial charge on any atom is 0.338 e. The zero-order chi connectivity index (χ0) is 15.8. The van der Waals surface area contributed by atoms with Gasteiger partial charge in [-0.05, 0) is 49.5 Å². The third-order valence-electron chi connectivity index (χ3n) is 2.88. The van der Waals surface area contributed by atoms with Crippen molar-refractivity contribution in [2.75, 3.05) is 11.9 Å². The number of H-pyrrole nitrogens is 1. The van der Waals surface area contributed by atoms with E-state index in [1.807, 2.05) is 24.5 Å². The van der Waals surface area contributed by atoms with Crippen molar-refractivity contribution in [3.63, 3.8) is 0 Å². The average Bonchev–Trinajstić information content (AvgIpc) is 2.55. The van der Waals surface area contributed by atoms with Gasteiger partial charge in [-0.1, -0.05) is 0 Å². The first-order valence-corrected chi connectivity index (χ1v) is 7.37. The van der Waals surface area contributed by atoms with E-state index in [9.17, 15) is 4.79 Å². The van der Waals surface area contributed by atoms with E-state index in [-0.39, 0.29) is 5.97 Å². The lowest BCUT2D eigenvalue weighted by Crippen LogP contribution is -2.28. The zero-order valence-corrected chi connectivity index (χ0v) is 13.1. The first-order chi connectivity index (χ1) is 10.7. The second-order valence-corrected chi connectivity index (χ2v) is 4.93. The molecule has 114 valence electrons. The summed E-state index contributed by atoms with van der Waals surface area (Å²) in [6.45, 7) is 2.77. The van der Waals surface area contributed by atoms with Crippen LogP contribution in [0.4, 0.5) is 5.69 Å². The predicted octanol–water partition coefficient (Wildman–Crippen LogP) is 2.16. The highest BCUT2D eigenvalue weighted by atomic mass is 32.1. The fourth-order valence-corrected chi connectivity index (χ4v) is 1.99. The molecule has 1 aromatic heterocycles. The number of carbonyl (C=O) groups is 1. The molecule has 0 saturated heterocycles. The van der Waals surface area contributed by atoms with Crippen LogP contribution in [0.1, 0.15) is 22.8 Å². The minimum atomic E-state index is -0.324. The lowest BCUT2D eigenvalue weighted by Gasteiger charge is -2.10. The molecule has 6 heteroatoms. The second kappa shape index (κ2) is 8.09. The number of rotatable bonds is 5. The number of benzene rings is 1. The quantitative estimate of drug-likeness (QED) is 0.654. The minimum absolute atomic E-state index is 0.324. The van der Waals surface area contributed by atoms with Gasteiger partial charge in [-0.2, -0.15) is 0 Å². The fourth-order valence-electron chi connectivity index (χ4n) is 1.80. The maximum atomic E-state index is 11.6. The number of esters is 1. The summed E-state index contributed by atoms with van der Waals surface area (Å²) < 4.78 is 4.94. The van der Waals surface area contributed by atoms with Gasteiger partial charge in [0.15, 0.2) is 17.5 Å². The van der Waals surface area contributed by atoms with Crippen molar-refractivity contribution >= 4 is 29.0 Å². The fraction of sp³-hybridized carbons (Fsp3) is 0.188. The van der Waals surface area contributed by atoms with Crippen molar-refractivity contribution in [1.82, 2.24) is 5.32 Å². The number of carbonyl (C=O) groups excluding carboxylic acids is 1. The third-order valence-corrected chi connectivity index (χ3v) is 3.12. The highest BCUT2D eigenvalue weighted by molar-refractivity contribution is 7.80. The Morgan fingerprint density at radius 1 is 1.27 bits per heavy atom.